The summed E-state index contributed by atoms with van der Waals surface area (Å²) in [5.41, 5.74) is 4.49. The van der Waals surface area contributed by atoms with Crippen molar-refractivity contribution in [1.29, 1.82) is 0 Å². The number of amides is 1. The Kier molecular flexibility index (Phi) is 5.66. The lowest BCUT2D eigenvalue weighted by Crippen LogP contribution is -2.30. The average molecular weight is 420 g/mol. The number of carbonyl (C=O) groups is 2. The number of ether oxygens (including phenoxy) is 2. The van der Waals surface area contributed by atoms with E-state index < -0.39 is 0 Å². The van der Waals surface area contributed by atoms with Crippen molar-refractivity contribution in [3.05, 3.63) is 58.7 Å². The topological polar surface area (TPSA) is 55.8 Å². The number of hydrogen-bond donors (Lipinski definition) is 0. The molecular weight excluding hydrogens is 390 g/mol. The molecule has 1 amide bonds. The van der Waals surface area contributed by atoms with Crippen molar-refractivity contribution in [2.45, 2.75) is 57.4 Å². The molecule has 5 heteroatoms. The maximum Gasteiger partial charge on any atom is 0.223 e. The molecule has 0 aromatic heterocycles. The molecule has 5 rings (SSSR count). The normalized spacial score (nSPS) is 19.7. The van der Waals surface area contributed by atoms with E-state index in [0.717, 1.165) is 61.3 Å². The highest BCUT2D eigenvalue weighted by molar-refractivity contribution is 5.98. The van der Waals surface area contributed by atoms with Gasteiger partial charge < -0.3 is 14.4 Å². The first-order valence-electron chi connectivity index (χ1n) is 11.5. The van der Waals surface area contributed by atoms with E-state index in [0.29, 0.717) is 13.2 Å². The van der Waals surface area contributed by atoms with Crippen LogP contribution in [0.15, 0.2) is 36.4 Å². The molecule has 2 heterocycles. The average Bonchev–Trinajstić information content (AvgIpc) is 3.41. The molecule has 5 nitrogen and oxygen atoms in total. The highest BCUT2D eigenvalue weighted by Crippen LogP contribution is 2.38. The summed E-state index contributed by atoms with van der Waals surface area (Å²) in [7, 11) is 0. The molecule has 162 valence electrons. The summed E-state index contributed by atoms with van der Waals surface area (Å²) in [6.45, 7) is 2.05. The number of nitrogens with zero attached hydrogens (tertiary/aromatic N) is 1. The van der Waals surface area contributed by atoms with Gasteiger partial charge in [-0.25, -0.2) is 0 Å². The predicted molar refractivity (Wildman–Crippen MR) is 118 cm³/mol. The van der Waals surface area contributed by atoms with Crippen molar-refractivity contribution < 1.29 is 19.1 Å². The minimum absolute atomic E-state index is 0.0414. The second-order valence-corrected chi connectivity index (χ2v) is 8.76. The van der Waals surface area contributed by atoms with Crippen LogP contribution >= 0.6 is 0 Å². The molecule has 1 atom stereocenters. The van der Waals surface area contributed by atoms with Gasteiger partial charge in [0.1, 0.15) is 0 Å². The van der Waals surface area contributed by atoms with Crippen LogP contribution in [0.4, 0.5) is 0 Å². The molecule has 2 aromatic carbocycles. The fourth-order valence-corrected chi connectivity index (χ4v) is 5.05. The Morgan fingerprint density at radius 3 is 2.61 bits per heavy atom. The summed E-state index contributed by atoms with van der Waals surface area (Å²) in [6, 6.07) is 12.1. The van der Waals surface area contributed by atoms with E-state index in [9.17, 15) is 9.59 Å². The van der Waals surface area contributed by atoms with Crippen LogP contribution in [0, 0.1) is 0 Å². The first kappa shape index (κ1) is 20.1. The number of Topliss-reactive ketones (excluding diaryl/α,β-unsaturated/α-hetero) is 1. The third-order valence-electron chi connectivity index (χ3n) is 6.72. The quantitative estimate of drug-likeness (QED) is 0.662. The molecule has 3 aliphatic rings. The van der Waals surface area contributed by atoms with Crippen molar-refractivity contribution >= 4 is 11.7 Å². The number of rotatable bonds is 5. The Bertz CT molecular complexity index is 999. The van der Waals surface area contributed by atoms with Crippen molar-refractivity contribution in [2.75, 3.05) is 19.8 Å². The van der Waals surface area contributed by atoms with Gasteiger partial charge in [-0.1, -0.05) is 18.2 Å². The maximum absolute atomic E-state index is 13.0. The molecule has 0 N–H and O–H groups in total. The van der Waals surface area contributed by atoms with E-state index in [4.69, 9.17) is 9.47 Å². The smallest absolute Gasteiger partial charge is 0.223 e. The first-order chi connectivity index (χ1) is 15.2. The lowest BCUT2D eigenvalue weighted by atomic mass is 10.0. The van der Waals surface area contributed by atoms with Gasteiger partial charge in [-0.3, -0.25) is 9.59 Å². The van der Waals surface area contributed by atoms with Gasteiger partial charge >= 0.3 is 0 Å². The third-order valence-corrected chi connectivity index (χ3v) is 6.72. The molecule has 1 unspecified atom stereocenters. The predicted octanol–water partition coefficient (Wildman–Crippen LogP) is 4.66. The van der Waals surface area contributed by atoms with Crippen LogP contribution < -0.4 is 9.47 Å². The number of benzene rings is 2. The monoisotopic (exact) mass is 419 g/mol. The van der Waals surface area contributed by atoms with Gasteiger partial charge in [0.15, 0.2) is 17.3 Å². The van der Waals surface area contributed by atoms with Gasteiger partial charge in [0, 0.05) is 31.4 Å². The molecule has 0 saturated carbocycles. The Morgan fingerprint density at radius 2 is 1.71 bits per heavy atom. The molecule has 0 bridgehead atoms. The Hall–Kier alpha value is -2.82. The van der Waals surface area contributed by atoms with Crippen LogP contribution in [0.3, 0.4) is 0 Å². The van der Waals surface area contributed by atoms with Crippen LogP contribution in [-0.2, 0) is 17.6 Å². The minimum atomic E-state index is 0.0414. The summed E-state index contributed by atoms with van der Waals surface area (Å²) >= 11 is 0. The molecule has 1 saturated heterocycles. The van der Waals surface area contributed by atoms with Gasteiger partial charge in [0.05, 0.1) is 19.3 Å². The summed E-state index contributed by atoms with van der Waals surface area (Å²) in [4.78, 5) is 27.7. The zero-order valence-corrected chi connectivity index (χ0v) is 17.9. The second kappa shape index (κ2) is 8.74. The minimum Gasteiger partial charge on any atom is -0.490 e. The Balaban J connectivity index is 1.24. The lowest BCUT2D eigenvalue weighted by Gasteiger charge is -2.25. The van der Waals surface area contributed by atoms with Crippen LogP contribution in [0.2, 0.25) is 0 Å². The number of likely N-dealkylation sites (tertiary alicyclic amines) is 1. The van der Waals surface area contributed by atoms with Crippen LogP contribution in [-0.4, -0.2) is 36.3 Å². The molecule has 31 heavy (non-hydrogen) atoms. The molecule has 1 aliphatic carbocycles. The number of fused-ring (bicyclic) bond motifs is 2. The van der Waals surface area contributed by atoms with Gasteiger partial charge in [-0.2, -0.15) is 0 Å². The Labute approximate surface area is 183 Å². The Morgan fingerprint density at radius 1 is 0.871 bits per heavy atom. The van der Waals surface area contributed by atoms with Gasteiger partial charge in [-0.05, 0) is 67.0 Å². The van der Waals surface area contributed by atoms with Gasteiger partial charge in [-0.15, -0.1) is 0 Å². The number of ketones is 1. The summed E-state index contributed by atoms with van der Waals surface area (Å²) < 4.78 is 11.6. The fraction of sp³-hybridized carbons (Fsp3) is 0.462. The third kappa shape index (κ3) is 4.18. The maximum atomic E-state index is 13.0. The molecule has 1 fully saturated rings. The van der Waals surface area contributed by atoms with E-state index in [1.165, 1.54) is 17.5 Å². The van der Waals surface area contributed by atoms with E-state index in [1.807, 2.05) is 35.2 Å². The van der Waals surface area contributed by atoms with Crippen LogP contribution in [0.5, 0.6) is 11.5 Å². The van der Waals surface area contributed by atoms with E-state index in [1.54, 1.807) is 0 Å². The second-order valence-electron chi connectivity index (χ2n) is 8.76. The molecule has 2 aliphatic heterocycles. The van der Waals surface area contributed by atoms with Gasteiger partial charge in [0.25, 0.3) is 0 Å². The van der Waals surface area contributed by atoms with E-state index >= 15 is 0 Å². The molecule has 0 radical (unpaired) electrons. The molecule has 0 spiro atoms. The fourth-order valence-electron chi connectivity index (χ4n) is 5.05. The number of hydrogen-bond acceptors (Lipinski definition) is 4. The highest BCUT2D eigenvalue weighted by atomic mass is 16.5. The standard InChI is InChI=1S/C26H29NO4/c28-23(21-8-7-18-4-1-5-19(18)16-21)10-12-26(29)27-13-2-6-22(27)20-9-11-24-25(17-20)31-15-3-14-30-24/h7-9,11,16-17,22H,1-6,10,12-15H2. The first-order valence-corrected chi connectivity index (χ1v) is 11.5. The lowest BCUT2D eigenvalue weighted by molar-refractivity contribution is -0.132. The zero-order valence-electron chi connectivity index (χ0n) is 17.9. The summed E-state index contributed by atoms with van der Waals surface area (Å²) in [6.07, 6.45) is 6.64. The number of aryl methyl sites for hydroxylation is 2. The largest absolute Gasteiger partial charge is 0.490 e. The van der Waals surface area contributed by atoms with E-state index in [-0.39, 0.29) is 30.6 Å². The van der Waals surface area contributed by atoms with Crippen LogP contribution in [0.1, 0.15) is 71.6 Å². The summed E-state index contributed by atoms with van der Waals surface area (Å²) in [5, 5.41) is 0. The molecule has 2 aromatic rings. The van der Waals surface area contributed by atoms with Crippen molar-refractivity contribution in [3.63, 3.8) is 0 Å². The van der Waals surface area contributed by atoms with Gasteiger partial charge in [0.2, 0.25) is 5.91 Å². The SMILES string of the molecule is O=C(CCC(=O)N1CCCC1c1ccc2c(c1)OCCCO2)c1ccc2c(c1)CCC2. The zero-order chi connectivity index (χ0) is 21.2. The molecular formula is C26H29NO4. The van der Waals surface area contributed by atoms with Crippen molar-refractivity contribution in [2.24, 2.45) is 0 Å². The van der Waals surface area contributed by atoms with Crippen molar-refractivity contribution in [3.8, 4) is 11.5 Å². The highest BCUT2D eigenvalue weighted by Gasteiger charge is 2.31. The number of carbonyl (C=O) groups excluding carboxylic acids is 2. The summed E-state index contributed by atoms with van der Waals surface area (Å²) in [5.74, 6) is 1.66. The van der Waals surface area contributed by atoms with Crippen molar-refractivity contribution in [1.82, 2.24) is 4.90 Å². The van der Waals surface area contributed by atoms with E-state index in [2.05, 4.69) is 6.07 Å². The van der Waals surface area contributed by atoms with Crippen LogP contribution in [0.25, 0.3) is 0 Å².